The predicted octanol–water partition coefficient (Wildman–Crippen LogP) is 3.64. The number of hydrogen-bond donors (Lipinski definition) is 2. The number of oxazole rings is 1. The maximum atomic E-state index is 12.9. The Morgan fingerprint density at radius 1 is 1.38 bits per heavy atom. The average Bonchev–Trinajstić information content (AvgIpc) is 3.35. The Morgan fingerprint density at radius 3 is 2.90 bits per heavy atom. The number of fused-ring (bicyclic) bond motifs is 4. The molecule has 3 amide bonds. The highest BCUT2D eigenvalue weighted by atomic mass is 35.5. The number of carbonyl (C=O) groups excluding carboxylic acids is 2. The van der Waals surface area contributed by atoms with E-state index in [4.69, 9.17) is 20.8 Å². The summed E-state index contributed by atoms with van der Waals surface area (Å²) in [4.78, 5) is 31.4. The van der Waals surface area contributed by atoms with Crippen LogP contribution in [0.1, 0.15) is 54.8 Å². The van der Waals surface area contributed by atoms with E-state index in [0.717, 1.165) is 44.1 Å². The van der Waals surface area contributed by atoms with E-state index in [9.17, 15) is 9.59 Å². The summed E-state index contributed by atoms with van der Waals surface area (Å²) in [5.41, 5.74) is 1.86. The first kappa shape index (κ1) is 18.7. The molecule has 2 N–H and O–H groups in total. The molecule has 2 fully saturated rings. The minimum atomic E-state index is -0.548. The normalized spacial score (nSPS) is 23.2. The van der Waals surface area contributed by atoms with Gasteiger partial charge in [0.05, 0.1) is 22.4 Å². The summed E-state index contributed by atoms with van der Waals surface area (Å²) in [6.07, 6.45) is 5.56. The molecular weight excluding hydrogens is 396 g/mol. The molecule has 2 aromatic rings. The molecule has 1 unspecified atom stereocenters. The fourth-order valence-electron chi connectivity index (χ4n) is 4.90. The van der Waals surface area contributed by atoms with Gasteiger partial charge in [-0.25, -0.2) is 9.78 Å². The molecule has 29 heavy (non-hydrogen) atoms. The summed E-state index contributed by atoms with van der Waals surface area (Å²) >= 11 is 6.51. The number of rotatable bonds is 2. The van der Waals surface area contributed by atoms with E-state index in [-0.39, 0.29) is 23.9 Å². The van der Waals surface area contributed by atoms with Crippen molar-refractivity contribution >= 4 is 40.3 Å². The van der Waals surface area contributed by atoms with E-state index in [1.54, 1.807) is 18.1 Å². The molecule has 1 aliphatic carbocycles. The van der Waals surface area contributed by atoms with Crippen LogP contribution in [0.2, 0.25) is 5.02 Å². The highest BCUT2D eigenvalue weighted by Gasteiger charge is 2.44. The summed E-state index contributed by atoms with van der Waals surface area (Å²) in [6.45, 7) is 1.13. The van der Waals surface area contributed by atoms with Gasteiger partial charge in [0.25, 0.3) is 5.89 Å². The third-order valence-corrected chi connectivity index (χ3v) is 6.66. The van der Waals surface area contributed by atoms with Gasteiger partial charge < -0.3 is 24.7 Å². The fourth-order valence-corrected chi connectivity index (χ4v) is 5.14. The van der Waals surface area contributed by atoms with Crippen LogP contribution in [-0.4, -0.2) is 48.1 Å². The van der Waals surface area contributed by atoms with Crippen LogP contribution in [0.15, 0.2) is 10.5 Å². The molecule has 1 aromatic carbocycles. The first-order valence-electron chi connectivity index (χ1n) is 10.1. The molecule has 1 aromatic heterocycles. The summed E-state index contributed by atoms with van der Waals surface area (Å²) in [7, 11) is 1.65. The molecule has 1 saturated carbocycles. The van der Waals surface area contributed by atoms with Crippen molar-refractivity contribution in [1.82, 2.24) is 15.2 Å². The Kier molecular flexibility index (Phi) is 4.43. The largest absolute Gasteiger partial charge is 0.432 e. The van der Waals surface area contributed by atoms with Crippen LogP contribution in [-0.2, 0) is 10.3 Å². The second-order valence-electron chi connectivity index (χ2n) is 8.10. The molecule has 0 bridgehead atoms. The van der Waals surface area contributed by atoms with E-state index < -0.39 is 5.54 Å². The number of benzene rings is 1. The summed E-state index contributed by atoms with van der Waals surface area (Å²) in [5, 5.41) is 6.33. The molecule has 1 spiro atoms. The van der Waals surface area contributed by atoms with Crippen molar-refractivity contribution in [3.05, 3.63) is 22.5 Å². The average molecular weight is 419 g/mol. The van der Waals surface area contributed by atoms with Gasteiger partial charge in [-0.2, -0.15) is 0 Å². The fraction of sp³-hybridized carbons (Fsp3) is 0.550. The van der Waals surface area contributed by atoms with E-state index in [1.807, 2.05) is 0 Å². The highest BCUT2D eigenvalue weighted by Crippen LogP contribution is 2.48. The zero-order valence-corrected chi connectivity index (χ0v) is 17.0. The molecule has 2 aliphatic heterocycles. The third kappa shape index (κ3) is 2.97. The van der Waals surface area contributed by atoms with Crippen LogP contribution in [0.4, 0.5) is 10.5 Å². The third-order valence-electron chi connectivity index (χ3n) is 6.36. The number of nitrogens with one attached hydrogen (secondary N) is 2. The Labute approximate surface area is 172 Å². The van der Waals surface area contributed by atoms with Gasteiger partial charge in [0, 0.05) is 25.8 Å². The molecule has 154 valence electrons. The number of likely N-dealkylation sites (tertiary alicyclic amines) is 1. The number of carbonyl (C=O) groups is 2. The Balaban J connectivity index is 1.61. The van der Waals surface area contributed by atoms with Crippen molar-refractivity contribution < 1.29 is 18.7 Å². The van der Waals surface area contributed by atoms with Crippen molar-refractivity contribution in [3.63, 3.8) is 0 Å². The zero-order valence-electron chi connectivity index (χ0n) is 16.2. The summed E-state index contributed by atoms with van der Waals surface area (Å²) in [6, 6.07) is 1.39. The van der Waals surface area contributed by atoms with Crippen molar-refractivity contribution in [1.29, 1.82) is 0 Å². The quantitative estimate of drug-likeness (QED) is 0.776. The van der Waals surface area contributed by atoms with Crippen LogP contribution in [0.5, 0.6) is 0 Å². The minimum absolute atomic E-state index is 0.0375. The van der Waals surface area contributed by atoms with Crippen molar-refractivity contribution in [2.45, 2.75) is 50.2 Å². The van der Waals surface area contributed by atoms with Gasteiger partial charge in [0.2, 0.25) is 0 Å². The Bertz CT molecular complexity index is 998. The molecule has 5 rings (SSSR count). The van der Waals surface area contributed by atoms with Crippen LogP contribution >= 0.6 is 11.6 Å². The maximum Gasteiger partial charge on any atom is 0.319 e. The number of urea groups is 1. The van der Waals surface area contributed by atoms with Crippen LogP contribution in [0, 0.1) is 0 Å². The number of ether oxygens (including phenoxy) is 1. The van der Waals surface area contributed by atoms with Gasteiger partial charge >= 0.3 is 11.9 Å². The topological polar surface area (TPSA) is 96.7 Å². The number of aromatic nitrogens is 1. The lowest BCUT2D eigenvalue weighted by Gasteiger charge is -2.42. The molecule has 1 saturated heterocycles. The first-order valence-corrected chi connectivity index (χ1v) is 10.4. The molecule has 0 radical (unpaired) electrons. The van der Waals surface area contributed by atoms with E-state index >= 15 is 0 Å². The van der Waals surface area contributed by atoms with E-state index in [1.165, 1.54) is 0 Å². The lowest BCUT2D eigenvalue weighted by molar-refractivity contribution is 0.0690. The number of methoxy groups -OCH3 is 1. The van der Waals surface area contributed by atoms with Crippen LogP contribution in [0.3, 0.4) is 0 Å². The lowest BCUT2D eigenvalue weighted by Crippen LogP contribution is -2.52. The van der Waals surface area contributed by atoms with Gasteiger partial charge in [-0.15, -0.1) is 0 Å². The number of amides is 3. The number of hydrogen-bond acceptors (Lipinski definition) is 5. The summed E-state index contributed by atoms with van der Waals surface area (Å²) < 4.78 is 11.4. The number of anilines is 1. The molecule has 1 atom stereocenters. The SMILES string of the molecule is COC1CCN(C(=O)c2nc3cc(Cl)c4c(c3o2)C2(CCCCC2)NC(=O)N4)C1. The minimum Gasteiger partial charge on any atom is -0.432 e. The zero-order chi connectivity index (χ0) is 20.2. The Hall–Kier alpha value is -2.32. The van der Waals surface area contributed by atoms with Gasteiger partial charge in [-0.3, -0.25) is 4.79 Å². The van der Waals surface area contributed by atoms with Gasteiger partial charge in [-0.05, 0) is 25.3 Å². The second kappa shape index (κ2) is 6.88. The van der Waals surface area contributed by atoms with Crippen molar-refractivity contribution in [2.75, 3.05) is 25.5 Å². The number of halogens is 1. The first-order chi connectivity index (χ1) is 14.0. The van der Waals surface area contributed by atoms with Gasteiger partial charge in [0.1, 0.15) is 5.52 Å². The monoisotopic (exact) mass is 418 g/mol. The van der Waals surface area contributed by atoms with Crippen molar-refractivity contribution in [3.8, 4) is 0 Å². The van der Waals surface area contributed by atoms with Crippen molar-refractivity contribution in [2.24, 2.45) is 0 Å². The number of nitrogens with zero attached hydrogens (tertiary/aromatic N) is 2. The van der Waals surface area contributed by atoms with E-state index in [0.29, 0.717) is 34.9 Å². The molecule has 8 nitrogen and oxygen atoms in total. The van der Waals surface area contributed by atoms with Crippen LogP contribution in [0.25, 0.3) is 11.1 Å². The standard InChI is InChI=1S/C20H23ClN4O4/c1-28-11-5-8-25(10-11)18(26)17-22-13-9-12(21)15-14(16(13)29-17)20(24-19(27)23-15)6-3-2-4-7-20/h9,11H,2-8,10H2,1H3,(H2,23,24,27). The highest BCUT2D eigenvalue weighted by molar-refractivity contribution is 6.35. The van der Waals surface area contributed by atoms with Crippen LogP contribution < -0.4 is 10.6 Å². The molecule has 3 aliphatic rings. The maximum absolute atomic E-state index is 12.9. The van der Waals surface area contributed by atoms with E-state index in [2.05, 4.69) is 15.6 Å². The smallest absolute Gasteiger partial charge is 0.319 e. The molecular formula is C20H23ClN4O4. The van der Waals surface area contributed by atoms with Gasteiger partial charge in [-0.1, -0.05) is 30.9 Å². The second-order valence-corrected chi connectivity index (χ2v) is 8.50. The lowest BCUT2D eigenvalue weighted by atomic mass is 9.74. The molecule has 3 heterocycles. The predicted molar refractivity (Wildman–Crippen MR) is 107 cm³/mol. The molecule has 9 heteroatoms. The van der Waals surface area contributed by atoms with Gasteiger partial charge in [0.15, 0.2) is 5.58 Å². The Morgan fingerprint density at radius 2 is 2.17 bits per heavy atom. The summed E-state index contributed by atoms with van der Waals surface area (Å²) in [5.74, 6) is -0.208.